The topological polar surface area (TPSA) is 38.3 Å². The second-order valence-corrected chi connectivity index (χ2v) is 5.99. The quantitative estimate of drug-likeness (QED) is 0.780. The Labute approximate surface area is 134 Å². The summed E-state index contributed by atoms with van der Waals surface area (Å²) in [7, 11) is 0. The van der Waals surface area contributed by atoms with Crippen molar-refractivity contribution in [3.63, 3.8) is 0 Å². The highest BCUT2D eigenvalue weighted by Gasteiger charge is 2.31. The molecule has 1 unspecified atom stereocenters. The minimum absolute atomic E-state index is 0.0460. The molecule has 23 heavy (non-hydrogen) atoms. The van der Waals surface area contributed by atoms with Crippen molar-refractivity contribution in [3.05, 3.63) is 35.4 Å². The Morgan fingerprint density at radius 1 is 1.39 bits per heavy atom. The number of amides is 1. The molecule has 1 aromatic carbocycles. The van der Waals surface area contributed by atoms with E-state index in [1.54, 1.807) is 6.07 Å². The van der Waals surface area contributed by atoms with Gasteiger partial charge in [-0.1, -0.05) is 25.5 Å². The average Bonchev–Trinajstić information content (AvgIpc) is 3.30. The van der Waals surface area contributed by atoms with Gasteiger partial charge in [-0.05, 0) is 42.9 Å². The van der Waals surface area contributed by atoms with Crippen molar-refractivity contribution in [2.75, 3.05) is 13.2 Å². The lowest BCUT2D eigenvalue weighted by atomic mass is 10.00. The monoisotopic (exact) mass is 329 g/mol. The van der Waals surface area contributed by atoms with Crippen molar-refractivity contribution in [2.24, 2.45) is 5.92 Å². The maximum Gasteiger partial charge on any atom is 0.416 e. The molecule has 128 valence electrons. The first kappa shape index (κ1) is 17.8. The number of alkyl halides is 3. The van der Waals surface area contributed by atoms with Crippen LogP contribution >= 0.6 is 0 Å². The van der Waals surface area contributed by atoms with E-state index in [2.05, 4.69) is 5.32 Å². The molecule has 0 saturated heterocycles. The molecule has 1 fully saturated rings. The fourth-order valence-electron chi connectivity index (χ4n) is 2.38. The van der Waals surface area contributed by atoms with Crippen LogP contribution in [0, 0.1) is 5.92 Å². The number of rotatable bonds is 8. The Balaban J connectivity index is 1.97. The predicted molar refractivity (Wildman–Crippen MR) is 80.8 cm³/mol. The summed E-state index contributed by atoms with van der Waals surface area (Å²) in [6, 6.07) is 4.69. The fraction of sp³-hybridized carbons (Fsp3) is 0.588. The van der Waals surface area contributed by atoms with E-state index in [0.29, 0.717) is 24.5 Å². The third kappa shape index (κ3) is 5.86. The molecule has 1 aliphatic rings. The Bertz CT molecular complexity index is 527. The molecule has 0 aliphatic heterocycles. The van der Waals surface area contributed by atoms with Crippen molar-refractivity contribution in [3.8, 4) is 0 Å². The van der Waals surface area contributed by atoms with Crippen LogP contribution in [-0.2, 0) is 15.7 Å². The third-order valence-electron chi connectivity index (χ3n) is 3.81. The second-order valence-electron chi connectivity index (χ2n) is 5.99. The number of hydrogen-bond donors (Lipinski definition) is 1. The average molecular weight is 329 g/mol. The van der Waals surface area contributed by atoms with Crippen molar-refractivity contribution in [2.45, 2.75) is 44.8 Å². The molecule has 6 heteroatoms. The van der Waals surface area contributed by atoms with Gasteiger partial charge >= 0.3 is 6.18 Å². The van der Waals surface area contributed by atoms with Gasteiger partial charge in [0.15, 0.2) is 0 Å². The molecule has 3 nitrogen and oxygen atoms in total. The molecule has 1 N–H and O–H groups in total. The number of hydrogen-bond acceptors (Lipinski definition) is 2. The summed E-state index contributed by atoms with van der Waals surface area (Å²) in [6.07, 6.45) is -0.765. The first-order valence-corrected chi connectivity index (χ1v) is 7.94. The molecule has 0 aromatic heterocycles. The van der Waals surface area contributed by atoms with Crippen LogP contribution in [0.15, 0.2) is 24.3 Å². The minimum Gasteiger partial charge on any atom is -0.371 e. The Morgan fingerprint density at radius 2 is 2.13 bits per heavy atom. The third-order valence-corrected chi connectivity index (χ3v) is 3.81. The van der Waals surface area contributed by atoms with E-state index in [0.717, 1.165) is 31.4 Å². The molecule has 1 amide bonds. The molecule has 0 radical (unpaired) electrons. The van der Waals surface area contributed by atoms with Crippen LogP contribution < -0.4 is 5.32 Å². The summed E-state index contributed by atoms with van der Waals surface area (Å²) in [5.41, 5.74) is -0.229. The molecule has 1 aliphatic carbocycles. The smallest absolute Gasteiger partial charge is 0.371 e. The largest absolute Gasteiger partial charge is 0.416 e. The fourth-order valence-corrected chi connectivity index (χ4v) is 2.38. The first-order chi connectivity index (χ1) is 10.9. The zero-order valence-electron chi connectivity index (χ0n) is 13.2. The zero-order chi connectivity index (χ0) is 16.9. The number of benzene rings is 1. The van der Waals surface area contributed by atoms with Gasteiger partial charge in [-0.3, -0.25) is 4.79 Å². The predicted octanol–water partition coefficient (Wildman–Crippen LogP) is 4.09. The molecular formula is C17H22F3NO2. The number of carbonyl (C=O) groups is 1. The molecule has 0 spiro atoms. The van der Waals surface area contributed by atoms with Gasteiger partial charge in [0.25, 0.3) is 0 Å². The van der Waals surface area contributed by atoms with Crippen molar-refractivity contribution < 1.29 is 22.7 Å². The lowest BCUT2D eigenvalue weighted by molar-refractivity contribution is -0.137. The first-order valence-electron chi connectivity index (χ1n) is 7.94. The SMILES string of the molecule is CCCC(NC(=O)COCC1CC1)c1cccc(C(F)(F)F)c1. The summed E-state index contributed by atoms with van der Waals surface area (Å²) in [5.74, 6) is 0.277. The summed E-state index contributed by atoms with van der Waals surface area (Å²) >= 11 is 0. The summed E-state index contributed by atoms with van der Waals surface area (Å²) in [4.78, 5) is 11.9. The van der Waals surface area contributed by atoms with Gasteiger partial charge < -0.3 is 10.1 Å². The van der Waals surface area contributed by atoms with Crippen LogP contribution in [0.3, 0.4) is 0 Å². The van der Waals surface area contributed by atoms with E-state index in [4.69, 9.17) is 4.74 Å². The maximum absolute atomic E-state index is 12.8. The van der Waals surface area contributed by atoms with Gasteiger partial charge in [0.05, 0.1) is 18.2 Å². The van der Waals surface area contributed by atoms with E-state index in [9.17, 15) is 18.0 Å². The minimum atomic E-state index is -4.38. The van der Waals surface area contributed by atoms with Gasteiger partial charge in [0, 0.05) is 0 Å². The van der Waals surface area contributed by atoms with Crippen molar-refractivity contribution >= 4 is 5.91 Å². The van der Waals surface area contributed by atoms with E-state index in [1.165, 1.54) is 6.07 Å². The second kappa shape index (κ2) is 7.81. The lowest BCUT2D eigenvalue weighted by Crippen LogP contribution is -2.32. The van der Waals surface area contributed by atoms with Crippen LogP contribution in [0.4, 0.5) is 13.2 Å². The Hall–Kier alpha value is -1.56. The number of nitrogens with one attached hydrogen (secondary N) is 1. The van der Waals surface area contributed by atoms with E-state index in [1.807, 2.05) is 6.92 Å². The van der Waals surface area contributed by atoms with Gasteiger partial charge in [0.1, 0.15) is 6.61 Å². The van der Waals surface area contributed by atoms with Crippen LogP contribution in [0.1, 0.15) is 49.8 Å². The zero-order valence-corrected chi connectivity index (χ0v) is 13.2. The van der Waals surface area contributed by atoms with Crippen LogP contribution in [0.25, 0.3) is 0 Å². The van der Waals surface area contributed by atoms with Gasteiger partial charge in [-0.15, -0.1) is 0 Å². The van der Waals surface area contributed by atoms with Crippen LogP contribution in [0.5, 0.6) is 0 Å². The van der Waals surface area contributed by atoms with Gasteiger partial charge in [0.2, 0.25) is 5.91 Å². The summed E-state index contributed by atoms with van der Waals surface area (Å²) < 4.78 is 43.8. The maximum atomic E-state index is 12.8. The number of carbonyl (C=O) groups excluding carboxylic acids is 1. The molecule has 1 aromatic rings. The molecule has 0 bridgehead atoms. The van der Waals surface area contributed by atoms with Gasteiger partial charge in [-0.25, -0.2) is 0 Å². The number of ether oxygens (including phenoxy) is 1. The Kier molecular flexibility index (Phi) is 6.04. The number of halogens is 3. The molecule has 2 rings (SSSR count). The van der Waals surface area contributed by atoms with Crippen molar-refractivity contribution in [1.29, 1.82) is 0 Å². The van der Waals surface area contributed by atoms with E-state index in [-0.39, 0.29) is 12.5 Å². The molecule has 0 heterocycles. The van der Waals surface area contributed by atoms with E-state index >= 15 is 0 Å². The van der Waals surface area contributed by atoms with E-state index < -0.39 is 17.8 Å². The normalized spacial score (nSPS) is 16.2. The standard InChI is InChI=1S/C17H22F3NO2/c1-2-4-15(21-16(22)11-23-10-12-7-8-12)13-5-3-6-14(9-13)17(18,19)20/h3,5-6,9,12,15H,2,4,7-8,10-11H2,1H3,(H,21,22). The highest BCUT2D eigenvalue weighted by molar-refractivity contribution is 5.77. The highest BCUT2D eigenvalue weighted by Crippen LogP contribution is 2.31. The van der Waals surface area contributed by atoms with Crippen molar-refractivity contribution in [1.82, 2.24) is 5.32 Å². The van der Waals surface area contributed by atoms with Crippen LogP contribution in [0.2, 0.25) is 0 Å². The highest BCUT2D eigenvalue weighted by atomic mass is 19.4. The summed E-state index contributed by atoms with van der Waals surface area (Å²) in [6.45, 7) is 2.46. The molecular weight excluding hydrogens is 307 g/mol. The summed E-state index contributed by atoms with van der Waals surface area (Å²) in [5, 5.41) is 2.78. The Morgan fingerprint density at radius 3 is 2.74 bits per heavy atom. The molecule has 1 atom stereocenters. The van der Waals surface area contributed by atoms with Gasteiger partial charge in [-0.2, -0.15) is 13.2 Å². The van der Waals surface area contributed by atoms with Crippen LogP contribution in [-0.4, -0.2) is 19.1 Å². The lowest BCUT2D eigenvalue weighted by Gasteiger charge is -2.20. The molecule has 1 saturated carbocycles.